The zero-order chi connectivity index (χ0) is 13.6. The summed E-state index contributed by atoms with van der Waals surface area (Å²) in [6, 6.07) is 10.9. The van der Waals surface area contributed by atoms with Crippen molar-refractivity contribution in [1.82, 2.24) is 9.55 Å². The van der Waals surface area contributed by atoms with Gasteiger partial charge in [-0.05, 0) is 62.3 Å². The number of rotatable bonds is 1. The number of fused-ring (bicyclic) bond motifs is 1. The molecular formula is C13H7Br2FN2S. The van der Waals surface area contributed by atoms with Crippen LogP contribution in [0.4, 0.5) is 4.39 Å². The topological polar surface area (TPSA) is 20.7 Å². The minimum atomic E-state index is -0.317. The summed E-state index contributed by atoms with van der Waals surface area (Å²) in [7, 11) is 0. The van der Waals surface area contributed by atoms with Crippen molar-refractivity contribution in [2.75, 3.05) is 0 Å². The van der Waals surface area contributed by atoms with Gasteiger partial charge in [0.15, 0.2) is 4.77 Å². The van der Waals surface area contributed by atoms with Crippen molar-refractivity contribution in [2.24, 2.45) is 0 Å². The maximum Gasteiger partial charge on any atom is 0.182 e. The average Bonchev–Trinajstić information content (AvgIpc) is 2.66. The monoisotopic (exact) mass is 400 g/mol. The Morgan fingerprint density at radius 1 is 1.11 bits per heavy atom. The predicted molar refractivity (Wildman–Crippen MR) is 83.8 cm³/mol. The van der Waals surface area contributed by atoms with Gasteiger partial charge < -0.3 is 4.98 Å². The van der Waals surface area contributed by atoms with Gasteiger partial charge in [-0.3, -0.25) is 4.57 Å². The van der Waals surface area contributed by atoms with Crippen LogP contribution in [-0.4, -0.2) is 9.55 Å². The SMILES string of the molecule is Fc1cc2[nH]c(=S)n(-c3ccccc3Br)c2cc1Br. The predicted octanol–water partition coefficient (Wildman–Crippen LogP) is 5.35. The van der Waals surface area contributed by atoms with Gasteiger partial charge in [-0.25, -0.2) is 4.39 Å². The van der Waals surface area contributed by atoms with Gasteiger partial charge in [0.2, 0.25) is 0 Å². The first-order chi connectivity index (χ1) is 9.08. The molecule has 0 aliphatic rings. The minimum absolute atomic E-state index is 0.317. The molecule has 19 heavy (non-hydrogen) atoms. The molecule has 6 heteroatoms. The van der Waals surface area contributed by atoms with Gasteiger partial charge in [-0.2, -0.15) is 0 Å². The summed E-state index contributed by atoms with van der Waals surface area (Å²) in [6.07, 6.45) is 0. The molecule has 0 unspecified atom stereocenters. The summed E-state index contributed by atoms with van der Waals surface area (Å²) in [5.41, 5.74) is 2.41. The second-order valence-corrected chi connectivity index (χ2v) is 6.10. The Labute approximate surface area is 130 Å². The van der Waals surface area contributed by atoms with Gasteiger partial charge in [-0.15, -0.1) is 0 Å². The second-order valence-electron chi connectivity index (χ2n) is 4.00. The quantitative estimate of drug-likeness (QED) is 0.545. The highest BCUT2D eigenvalue weighted by atomic mass is 79.9. The molecule has 1 heterocycles. The number of nitrogens with one attached hydrogen (secondary N) is 1. The van der Waals surface area contributed by atoms with E-state index in [0.29, 0.717) is 14.8 Å². The van der Waals surface area contributed by atoms with E-state index in [4.69, 9.17) is 12.2 Å². The maximum absolute atomic E-state index is 13.6. The Morgan fingerprint density at radius 2 is 1.84 bits per heavy atom. The normalized spacial score (nSPS) is 11.1. The largest absolute Gasteiger partial charge is 0.330 e. The Balaban J connectivity index is 2.42. The summed E-state index contributed by atoms with van der Waals surface area (Å²) in [5, 5.41) is 0. The maximum atomic E-state index is 13.6. The van der Waals surface area contributed by atoms with E-state index >= 15 is 0 Å². The number of hydrogen-bond acceptors (Lipinski definition) is 1. The highest BCUT2D eigenvalue weighted by Gasteiger charge is 2.11. The molecule has 0 aliphatic heterocycles. The molecule has 0 saturated carbocycles. The van der Waals surface area contributed by atoms with Crippen molar-refractivity contribution in [1.29, 1.82) is 0 Å². The summed E-state index contributed by atoms with van der Waals surface area (Å²) >= 11 is 12.0. The van der Waals surface area contributed by atoms with E-state index in [1.54, 1.807) is 6.07 Å². The molecule has 0 bridgehead atoms. The molecule has 1 aromatic heterocycles. The van der Waals surface area contributed by atoms with E-state index in [1.165, 1.54) is 6.07 Å². The Hall–Kier alpha value is -0.980. The van der Waals surface area contributed by atoms with Crippen LogP contribution in [0.25, 0.3) is 16.7 Å². The molecule has 0 saturated heterocycles. The van der Waals surface area contributed by atoms with Crippen LogP contribution in [0.5, 0.6) is 0 Å². The Morgan fingerprint density at radius 3 is 2.58 bits per heavy atom. The molecule has 0 radical (unpaired) electrons. The third-order valence-corrected chi connectivity index (χ3v) is 4.38. The standard InChI is InChI=1S/C13H7Br2FN2S/c14-7-3-1-2-4-11(7)18-12-5-8(15)9(16)6-10(12)17-13(18)19/h1-6H,(H,17,19). The lowest BCUT2D eigenvalue weighted by Crippen LogP contribution is -1.95. The molecule has 96 valence electrons. The number of aromatic amines is 1. The molecule has 1 N–H and O–H groups in total. The Kier molecular flexibility index (Phi) is 3.32. The average molecular weight is 402 g/mol. The highest BCUT2D eigenvalue weighted by Crippen LogP contribution is 2.28. The lowest BCUT2D eigenvalue weighted by Gasteiger charge is -2.07. The number of nitrogens with zero attached hydrogens (tertiary/aromatic N) is 1. The third kappa shape index (κ3) is 2.17. The fraction of sp³-hybridized carbons (Fsp3) is 0. The molecule has 0 atom stereocenters. The third-order valence-electron chi connectivity index (χ3n) is 2.82. The van der Waals surface area contributed by atoms with E-state index in [2.05, 4.69) is 36.8 Å². The number of halogens is 3. The lowest BCUT2D eigenvalue weighted by molar-refractivity contribution is 0.623. The van der Waals surface area contributed by atoms with E-state index in [0.717, 1.165) is 15.7 Å². The van der Waals surface area contributed by atoms with Gasteiger partial charge in [0.25, 0.3) is 0 Å². The first-order valence-electron chi connectivity index (χ1n) is 5.42. The molecule has 3 rings (SSSR count). The van der Waals surface area contributed by atoms with Crippen molar-refractivity contribution in [3.63, 3.8) is 0 Å². The first-order valence-corrected chi connectivity index (χ1v) is 7.42. The van der Waals surface area contributed by atoms with Crippen LogP contribution in [0.2, 0.25) is 0 Å². The summed E-state index contributed by atoms with van der Waals surface area (Å²) in [6.45, 7) is 0. The van der Waals surface area contributed by atoms with Crippen molar-refractivity contribution in [3.05, 3.63) is 55.9 Å². The van der Waals surface area contributed by atoms with Crippen molar-refractivity contribution in [3.8, 4) is 5.69 Å². The smallest absolute Gasteiger partial charge is 0.182 e. The number of para-hydroxylation sites is 1. The lowest BCUT2D eigenvalue weighted by atomic mass is 10.2. The van der Waals surface area contributed by atoms with Crippen LogP contribution >= 0.6 is 44.1 Å². The zero-order valence-electron chi connectivity index (χ0n) is 9.45. The van der Waals surface area contributed by atoms with Gasteiger partial charge >= 0.3 is 0 Å². The fourth-order valence-corrected chi connectivity index (χ4v) is 3.07. The number of H-pyrrole nitrogens is 1. The summed E-state index contributed by atoms with van der Waals surface area (Å²) in [5.74, 6) is -0.317. The fourth-order valence-electron chi connectivity index (χ4n) is 1.97. The molecule has 0 amide bonds. The van der Waals surface area contributed by atoms with Crippen LogP contribution in [0, 0.1) is 10.6 Å². The number of hydrogen-bond donors (Lipinski definition) is 1. The Bertz CT molecular complexity index is 838. The van der Waals surface area contributed by atoms with E-state index < -0.39 is 0 Å². The van der Waals surface area contributed by atoms with Crippen LogP contribution in [-0.2, 0) is 0 Å². The van der Waals surface area contributed by atoms with Gasteiger partial charge in [0.1, 0.15) is 5.82 Å². The molecular weight excluding hydrogens is 395 g/mol. The summed E-state index contributed by atoms with van der Waals surface area (Å²) in [4.78, 5) is 3.02. The van der Waals surface area contributed by atoms with Gasteiger partial charge in [0.05, 0.1) is 21.2 Å². The van der Waals surface area contributed by atoms with E-state index in [-0.39, 0.29) is 5.82 Å². The minimum Gasteiger partial charge on any atom is -0.330 e. The van der Waals surface area contributed by atoms with E-state index in [1.807, 2.05) is 28.8 Å². The molecule has 0 spiro atoms. The number of aromatic nitrogens is 2. The van der Waals surface area contributed by atoms with Crippen molar-refractivity contribution in [2.45, 2.75) is 0 Å². The van der Waals surface area contributed by atoms with Gasteiger partial charge in [-0.1, -0.05) is 12.1 Å². The second kappa shape index (κ2) is 4.85. The molecule has 2 nitrogen and oxygen atoms in total. The van der Waals surface area contributed by atoms with Crippen LogP contribution in [0.3, 0.4) is 0 Å². The van der Waals surface area contributed by atoms with Crippen molar-refractivity contribution < 1.29 is 4.39 Å². The van der Waals surface area contributed by atoms with Crippen molar-refractivity contribution >= 4 is 55.1 Å². The number of benzene rings is 2. The highest BCUT2D eigenvalue weighted by molar-refractivity contribution is 9.10. The molecule has 3 aromatic rings. The molecule has 0 fully saturated rings. The van der Waals surface area contributed by atoms with E-state index in [9.17, 15) is 4.39 Å². The first kappa shape index (κ1) is 13.0. The van der Waals surface area contributed by atoms with Crippen LogP contribution in [0.1, 0.15) is 0 Å². The molecule has 0 aliphatic carbocycles. The number of imidazole rings is 1. The summed E-state index contributed by atoms with van der Waals surface area (Å²) < 4.78 is 17.3. The van der Waals surface area contributed by atoms with Crippen LogP contribution in [0.15, 0.2) is 45.3 Å². The van der Waals surface area contributed by atoms with Crippen LogP contribution < -0.4 is 0 Å². The zero-order valence-corrected chi connectivity index (χ0v) is 13.4. The molecule has 2 aromatic carbocycles. The van der Waals surface area contributed by atoms with Gasteiger partial charge in [0, 0.05) is 10.5 Å².